The van der Waals surface area contributed by atoms with Gasteiger partial charge in [0, 0.05) is 33.9 Å². The minimum absolute atomic E-state index is 0.00628. The molecule has 0 saturated carbocycles. The average molecular weight is 1140 g/mol. The van der Waals surface area contributed by atoms with Gasteiger partial charge in [-0.1, -0.05) is 164 Å². The molecule has 0 fully saturated rings. The summed E-state index contributed by atoms with van der Waals surface area (Å²) in [6.45, 7) is -0.0643. The average Bonchev–Trinajstić information content (AvgIpc) is 1.90. The first kappa shape index (κ1) is 57.3. The van der Waals surface area contributed by atoms with E-state index in [4.69, 9.17) is 33.2 Å². The molecule has 11 aromatic rings. The van der Waals surface area contributed by atoms with Crippen LogP contribution in [0, 0.1) is 0 Å². The van der Waals surface area contributed by atoms with E-state index in [0.717, 1.165) is 32.4 Å². The number of methoxy groups -OCH3 is 2. The predicted octanol–water partition coefficient (Wildman–Crippen LogP) is 13.2. The summed E-state index contributed by atoms with van der Waals surface area (Å²) in [5.74, 6) is 1.22. The Morgan fingerprint density at radius 1 is 0.407 bits per heavy atom. The lowest BCUT2D eigenvalue weighted by Crippen LogP contribution is -2.41. The maximum atomic E-state index is 16.2. The molecule has 14 nitrogen and oxygen atoms in total. The molecule has 0 spiro atoms. The Morgan fingerprint density at radius 2 is 0.814 bits per heavy atom. The molecule has 11 rings (SSSR count). The normalized spacial score (nSPS) is 11.1. The van der Waals surface area contributed by atoms with Crippen molar-refractivity contribution in [2.24, 2.45) is 0 Å². The van der Waals surface area contributed by atoms with E-state index in [9.17, 15) is 0 Å². The first-order valence-corrected chi connectivity index (χ1v) is 28.0. The largest absolute Gasteiger partial charge is 0.497 e. The van der Waals surface area contributed by atoms with Gasteiger partial charge >= 0.3 is 5.69 Å². The summed E-state index contributed by atoms with van der Waals surface area (Å²) in [7, 11) is 2.96. The van der Waals surface area contributed by atoms with Crippen molar-refractivity contribution in [2.45, 2.75) is 53.0 Å². The topological polar surface area (TPSA) is 148 Å². The predicted molar refractivity (Wildman–Crippen MR) is 329 cm³/mol. The summed E-state index contributed by atoms with van der Waals surface area (Å²) < 4.78 is 47.1. The molecule has 0 aliphatic carbocycles. The fourth-order valence-corrected chi connectivity index (χ4v) is 10.2. The molecule has 86 heavy (non-hydrogen) atoms. The van der Waals surface area contributed by atoms with E-state index in [0.29, 0.717) is 52.9 Å². The second-order valence-electron chi connectivity index (χ2n) is 20.3. The Labute approximate surface area is 497 Å². The van der Waals surface area contributed by atoms with Crippen molar-refractivity contribution in [1.82, 2.24) is 13.7 Å². The third kappa shape index (κ3) is 13.3. The van der Waals surface area contributed by atoms with Crippen molar-refractivity contribution in [3.63, 3.8) is 0 Å². The molecule has 2 aromatic heterocycles. The highest BCUT2D eigenvalue weighted by atomic mass is 16.5. The Bertz CT molecular complexity index is 4210. The van der Waals surface area contributed by atoms with E-state index in [1.54, 1.807) is 89.5 Å². The molecule has 14 heteroatoms. The second kappa shape index (κ2) is 27.2. The minimum Gasteiger partial charge on any atom is -0.497 e. The van der Waals surface area contributed by atoms with E-state index in [-0.39, 0.29) is 72.3 Å². The monoisotopic (exact) mass is 1140 g/mol. The zero-order chi connectivity index (χ0) is 59.2. The molecule has 9 aromatic carbocycles. The van der Waals surface area contributed by atoms with E-state index in [1.807, 2.05) is 152 Å². The molecular formula is C72H61N3O11. The smallest absolute Gasteiger partial charge is 0.336 e. The summed E-state index contributed by atoms with van der Waals surface area (Å²) in [5.41, 5.74) is 4.79. The Morgan fingerprint density at radius 3 is 1.24 bits per heavy atom. The summed E-state index contributed by atoms with van der Waals surface area (Å²) in [5, 5.41) is 0.00628. The molecule has 2 heterocycles. The highest BCUT2D eigenvalue weighted by molar-refractivity contribution is 6.17. The van der Waals surface area contributed by atoms with Gasteiger partial charge in [0.05, 0.1) is 39.4 Å². The molecule has 0 amide bonds. The van der Waals surface area contributed by atoms with Crippen molar-refractivity contribution >= 4 is 22.6 Å². The van der Waals surface area contributed by atoms with Gasteiger partial charge in [-0.3, -0.25) is 19.0 Å². The number of fused-ring (bicyclic) bond motifs is 1. The number of nitrogens with zero attached hydrogens (tertiary/aromatic N) is 3. The van der Waals surface area contributed by atoms with Gasteiger partial charge in [-0.25, -0.2) is 9.36 Å². The van der Waals surface area contributed by atoms with Gasteiger partial charge in [0.25, 0.3) is 5.56 Å². The summed E-state index contributed by atoms with van der Waals surface area (Å²) in [4.78, 5) is 62.8. The van der Waals surface area contributed by atoms with Crippen LogP contribution in [0.1, 0.15) is 65.4 Å². The van der Waals surface area contributed by atoms with E-state index in [1.165, 1.54) is 18.8 Å². The molecule has 0 bridgehead atoms. The standard InChI is InChI=1S/C72H61N3O11/c1-80-61-40-62(68(76)56-30-36-59(37-31-56)85-46-53-24-14-6-15-25-53)63(64(41-61)81-2)42-73-67(69(77)57-32-38-60(39-33-57)86-47-54-26-16-7-17-27-54)65(55-28-34-58(35-29-55)84-45-52-22-12-5-13-23-52)66-70(73)74(48-82-43-50-18-8-3-9-19-50)72(79)75(71(66)78)49-83-44-51-20-10-4-11-21-51/h3-41H,42-49H2,1-2H3. The first-order valence-electron chi connectivity index (χ1n) is 28.0. The van der Waals surface area contributed by atoms with Gasteiger partial charge in [0.15, 0.2) is 5.78 Å². The van der Waals surface area contributed by atoms with Gasteiger partial charge < -0.3 is 37.7 Å². The van der Waals surface area contributed by atoms with Crippen molar-refractivity contribution in [2.75, 3.05) is 14.2 Å². The lowest BCUT2D eigenvalue weighted by molar-refractivity contribution is 0.0461. The maximum absolute atomic E-state index is 16.2. The quantitative estimate of drug-likeness (QED) is 0.0477. The highest BCUT2D eigenvalue weighted by Gasteiger charge is 2.33. The number of benzene rings is 9. The molecule has 0 N–H and O–H groups in total. The Hall–Kier alpha value is -10.5. The van der Waals surface area contributed by atoms with Crippen molar-refractivity contribution in [1.29, 1.82) is 0 Å². The van der Waals surface area contributed by atoms with Crippen molar-refractivity contribution in [3.8, 4) is 39.9 Å². The van der Waals surface area contributed by atoms with Gasteiger partial charge in [0.2, 0.25) is 5.78 Å². The van der Waals surface area contributed by atoms with Crippen LogP contribution >= 0.6 is 0 Å². The van der Waals surface area contributed by atoms with Crippen LogP contribution in [0.25, 0.3) is 22.2 Å². The SMILES string of the molecule is COc1cc(OC)c(Cn2c(C(=O)c3ccc(OCc4ccccc4)cc3)c(-c3ccc(OCc4ccccc4)cc3)c3c(=O)n(COCc4ccccc4)c(=O)n(COCc4ccccc4)c32)c(C(=O)c2ccc(OCc3ccccc3)cc2)c1. The van der Waals surface area contributed by atoms with Crippen molar-refractivity contribution < 1.29 is 42.7 Å². The number of ketones is 2. The van der Waals surface area contributed by atoms with Crippen LogP contribution in [0.3, 0.4) is 0 Å². The van der Waals surface area contributed by atoms with E-state index >= 15 is 19.2 Å². The fraction of sp³-hybridized carbons (Fsp3) is 0.139. The van der Waals surface area contributed by atoms with Gasteiger partial charge in [-0.2, -0.15) is 0 Å². The number of carbonyl (C=O) groups is 2. The number of rotatable bonds is 26. The molecule has 0 atom stereocenters. The summed E-state index contributed by atoms with van der Waals surface area (Å²) in [6, 6.07) is 72.1. The van der Waals surface area contributed by atoms with Gasteiger partial charge in [-0.05, 0) is 100 Å². The molecule has 0 radical (unpaired) electrons. The van der Waals surface area contributed by atoms with E-state index < -0.39 is 29.5 Å². The molecular weight excluding hydrogens is 1080 g/mol. The number of carbonyl (C=O) groups excluding carboxylic acids is 2. The fourth-order valence-electron chi connectivity index (χ4n) is 10.2. The van der Waals surface area contributed by atoms with Crippen LogP contribution in [0.4, 0.5) is 0 Å². The van der Waals surface area contributed by atoms with Crippen LogP contribution in [0.5, 0.6) is 28.7 Å². The maximum Gasteiger partial charge on any atom is 0.336 e. The van der Waals surface area contributed by atoms with Gasteiger partial charge in [-0.15, -0.1) is 0 Å². The number of hydrogen-bond acceptors (Lipinski definition) is 11. The lowest BCUT2D eigenvalue weighted by atomic mass is 9.96. The minimum atomic E-state index is -0.773. The number of ether oxygens (including phenoxy) is 7. The first-order chi connectivity index (χ1) is 42.2. The van der Waals surface area contributed by atoms with Gasteiger partial charge in [0.1, 0.15) is 73.4 Å². The zero-order valence-corrected chi connectivity index (χ0v) is 47.5. The second-order valence-corrected chi connectivity index (χ2v) is 20.3. The number of aromatic nitrogens is 3. The van der Waals surface area contributed by atoms with Crippen LogP contribution in [-0.2, 0) is 62.5 Å². The number of hydrogen-bond donors (Lipinski definition) is 0. The van der Waals surface area contributed by atoms with Crippen LogP contribution in [0.15, 0.2) is 246 Å². The molecule has 0 aliphatic heterocycles. The highest BCUT2D eigenvalue weighted by Crippen LogP contribution is 2.39. The molecule has 0 unspecified atom stereocenters. The third-order valence-electron chi connectivity index (χ3n) is 14.6. The molecule has 0 saturated heterocycles. The zero-order valence-electron chi connectivity index (χ0n) is 47.5. The summed E-state index contributed by atoms with van der Waals surface area (Å²) >= 11 is 0. The van der Waals surface area contributed by atoms with Crippen molar-refractivity contribution in [3.05, 3.63) is 313 Å². The van der Waals surface area contributed by atoms with E-state index in [2.05, 4.69) is 0 Å². The lowest BCUT2D eigenvalue weighted by Gasteiger charge is -2.20. The van der Waals surface area contributed by atoms with Crippen LogP contribution < -0.4 is 34.9 Å². The van der Waals surface area contributed by atoms with Crippen LogP contribution in [-0.4, -0.2) is 39.5 Å². The molecule has 430 valence electrons. The third-order valence-corrected chi connectivity index (χ3v) is 14.6. The van der Waals surface area contributed by atoms with Crippen LogP contribution in [0.2, 0.25) is 0 Å². The Kier molecular flexibility index (Phi) is 18.1. The Balaban J connectivity index is 1.12. The summed E-state index contributed by atoms with van der Waals surface area (Å²) in [6.07, 6.45) is 0. The molecule has 0 aliphatic rings.